The first-order valence-corrected chi connectivity index (χ1v) is 6.49. The molecule has 0 fully saturated rings. The molecule has 0 amide bonds. The van der Waals surface area contributed by atoms with Crippen LogP contribution in [0.15, 0.2) is 46.2 Å². The van der Waals surface area contributed by atoms with Crippen LogP contribution in [0.3, 0.4) is 0 Å². The highest BCUT2D eigenvalue weighted by Crippen LogP contribution is 2.33. The lowest BCUT2D eigenvalue weighted by molar-refractivity contribution is 0.679. The van der Waals surface area contributed by atoms with Crippen LogP contribution >= 0.6 is 0 Å². The Hall–Kier alpha value is -1.81. The van der Waals surface area contributed by atoms with Gasteiger partial charge < -0.3 is 11.5 Å². The van der Waals surface area contributed by atoms with Crippen LogP contribution in [0, 0.1) is 0 Å². The number of anilines is 2. The highest BCUT2D eigenvalue weighted by Gasteiger charge is 2.22. The summed E-state index contributed by atoms with van der Waals surface area (Å²) in [4.78, 5) is 1.62. The van der Waals surface area contributed by atoms with Gasteiger partial charge in [0.2, 0.25) is 0 Å². The number of benzene rings is 2. The topological polar surface area (TPSA) is 69.1 Å². The van der Waals surface area contributed by atoms with Gasteiger partial charge in [-0.15, -0.1) is 0 Å². The van der Waals surface area contributed by atoms with Gasteiger partial charge in [-0.05, 0) is 41.8 Å². The molecule has 2 aromatic carbocycles. The van der Waals surface area contributed by atoms with Crippen LogP contribution in [0.5, 0.6) is 0 Å². The normalized spacial score (nSPS) is 14.1. The molecule has 86 valence electrons. The van der Waals surface area contributed by atoms with Crippen molar-refractivity contribution >= 4 is 22.2 Å². The zero-order valence-corrected chi connectivity index (χ0v) is 9.96. The summed E-state index contributed by atoms with van der Waals surface area (Å²) in [6.07, 6.45) is 0.789. The fourth-order valence-corrected chi connectivity index (χ4v) is 3.58. The Morgan fingerprint density at radius 3 is 1.82 bits per heavy atom. The minimum atomic E-state index is -1.17. The Labute approximate surface area is 102 Å². The van der Waals surface area contributed by atoms with Crippen LogP contribution in [-0.2, 0) is 17.2 Å². The number of fused-ring (bicyclic) bond motifs is 2. The van der Waals surface area contributed by atoms with Gasteiger partial charge >= 0.3 is 0 Å². The first-order valence-electron chi connectivity index (χ1n) is 5.34. The lowest BCUT2D eigenvalue weighted by Gasteiger charge is -2.19. The van der Waals surface area contributed by atoms with Crippen molar-refractivity contribution in [3.8, 4) is 0 Å². The molecule has 3 nitrogen and oxygen atoms in total. The molecule has 0 atom stereocenters. The molecule has 3 rings (SSSR count). The maximum Gasteiger partial charge on any atom is 0.0857 e. The Bertz CT molecular complexity index is 584. The number of hydrogen-bond donors (Lipinski definition) is 2. The minimum absolute atomic E-state index is 0.643. The van der Waals surface area contributed by atoms with Gasteiger partial charge in [0.05, 0.1) is 10.8 Å². The second kappa shape index (κ2) is 3.60. The van der Waals surface area contributed by atoms with E-state index < -0.39 is 10.8 Å². The Morgan fingerprint density at radius 1 is 0.882 bits per heavy atom. The average Bonchev–Trinajstić information content (AvgIpc) is 2.32. The van der Waals surface area contributed by atoms with Gasteiger partial charge in [0.1, 0.15) is 0 Å². The van der Waals surface area contributed by atoms with E-state index in [1.165, 1.54) is 0 Å². The van der Waals surface area contributed by atoms with Crippen LogP contribution in [0.4, 0.5) is 11.4 Å². The van der Waals surface area contributed by atoms with Crippen molar-refractivity contribution in [2.45, 2.75) is 16.2 Å². The quantitative estimate of drug-likeness (QED) is 0.594. The third-order valence-corrected chi connectivity index (χ3v) is 4.52. The lowest BCUT2D eigenvalue weighted by Crippen LogP contribution is -2.10. The summed E-state index contributed by atoms with van der Waals surface area (Å²) in [5.74, 6) is 0. The van der Waals surface area contributed by atoms with Crippen molar-refractivity contribution in [1.82, 2.24) is 0 Å². The van der Waals surface area contributed by atoms with Gasteiger partial charge in [0, 0.05) is 21.2 Å². The summed E-state index contributed by atoms with van der Waals surface area (Å²) in [6.45, 7) is 0. The van der Waals surface area contributed by atoms with Crippen molar-refractivity contribution in [2.75, 3.05) is 11.5 Å². The second-order valence-corrected chi connectivity index (χ2v) is 5.60. The molecule has 0 radical (unpaired) electrons. The van der Waals surface area contributed by atoms with Crippen LogP contribution in [0.2, 0.25) is 0 Å². The van der Waals surface area contributed by atoms with Gasteiger partial charge in [-0.2, -0.15) is 0 Å². The van der Waals surface area contributed by atoms with Crippen molar-refractivity contribution in [3.63, 3.8) is 0 Å². The van der Waals surface area contributed by atoms with Crippen molar-refractivity contribution in [1.29, 1.82) is 0 Å². The Balaban J connectivity index is 2.21. The summed E-state index contributed by atoms with van der Waals surface area (Å²) >= 11 is 0. The number of rotatable bonds is 0. The van der Waals surface area contributed by atoms with E-state index in [0.717, 1.165) is 27.3 Å². The van der Waals surface area contributed by atoms with Gasteiger partial charge in [-0.25, -0.2) is 4.21 Å². The molecule has 0 spiro atoms. The molecule has 0 saturated heterocycles. The van der Waals surface area contributed by atoms with Gasteiger partial charge in [0.25, 0.3) is 0 Å². The van der Waals surface area contributed by atoms with E-state index in [1.54, 1.807) is 12.1 Å². The summed E-state index contributed by atoms with van der Waals surface area (Å²) in [5, 5.41) is 0. The molecular weight excluding hydrogens is 232 g/mol. The number of nitrogens with two attached hydrogens (primary N) is 2. The molecule has 4 N–H and O–H groups in total. The third kappa shape index (κ3) is 1.61. The Morgan fingerprint density at radius 2 is 1.35 bits per heavy atom. The molecule has 0 aliphatic carbocycles. The predicted octanol–water partition coefficient (Wildman–Crippen LogP) is 1.92. The maximum atomic E-state index is 12.4. The first-order chi connectivity index (χ1) is 8.15. The van der Waals surface area contributed by atoms with E-state index in [2.05, 4.69) is 0 Å². The van der Waals surface area contributed by atoms with Gasteiger partial charge in [-0.1, -0.05) is 12.1 Å². The summed E-state index contributed by atoms with van der Waals surface area (Å²) in [6, 6.07) is 11.2. The Kier molecular flexibility index (Phi) is 2.19. The second-order valence-electron chi connectivity index (χ2n) is 4.18. The van der Waals surface area contributed by atoms with Crippen molar-refractivity contribution < 1.29 is 4.21 Å². The molecule has 1 aliphatic rings. The van der Waals surface area contributed by atoms with Gasteiger partial charge in [-0.3, -0.25) is 0 Å². The summed E-state index contributed by atoms with van der Waals surface area (Å²) < 4.78 is 12.4. The highest BCUT2D eigenvalue weighted by atomic mass is 32.2. The van der Waals surface area contributed by atoms with Crippen molar-refractivity contribution in [3.05, 3.63) is 47.5 Å². The van der Waals surface area contributed by atoms with Crippen LogP contribution < -0.4 is 11.5 Å². The monoisotopic (exact) mass is 244 g/mol. The fraction of sp³-hybridized carbons (Fsp3) is 0.0769. The molecule has 17 heavy (non-hydrogen) atoms. The molecule has 1 heterocycles. The van der Waals surface area contributed by atoms with E-state index >= 15 is 0 Å². The molecule has 1 aliphatic heterocycles. The zero-order chi connectivity index (χ0) is 12.0. The zero-order valence-electron chi connectivity index (χ0n) is 9.14. The highest BCUT2D eigenvalue weighted by molar-refractivity contribution is 7.85. The molecule has 4 heteroatoms. The van der Waals surface area contributed by atoms with Crippen LogP contribution in [0.25, 0.3) is 0 Å². The van der Waals surface area contributed by atoms with Gasteiger partial charge in [0.15, 0.2) is 0 Å². The average molecular weight is 244 g/mol. The SMILES string of the molecule is Nc1ccc2c(c1)S(=O)c1cc(N)ccc1C2. The molecule has 0 aromatic heterocycles. The first kappa shape index (κ1) is 10.4. The van der Waals surface area contributed by atoms with E-state index in [4.69, 9.17) is 11.5 Å². The molecule has 2 aromatic rings. The third-order valence-electron chi connectivity index (χ3n) is 2.96. The smallest absolute Gasteiger partial charge is 0.0857 e. The van der Waals surface area contributed by atoms with E-state index in [0.29, 0.717) is 11.4 Å². The standard InChI is InChI=1S/C13H12N2OS/c14-10-3-1-8-5-9-2-4-11(15)7-13(9)17(16)12(8)6-10/h1-4,6-7H,5,14-15H2. The van der Waals surface area contributed by atoms with Crippen LogP contribution in [0.1, 0.15) is 11.1 Å². The molecule has 0 bridgehead atoms. The van der Waals surface area contributed by atoms with E-state index in [-0.39, 0.29) is 0 Å². The maximum absolute atomic E-state index is 12.4. The minimum Gasteiger partial charge on any atom is -0.399 e. The van der Waals surface area contributed by atoms with E-state index in [1.807, 2.05) is 24.3 Å². The largest absolute Gasteiger partial charge is 0.399 e. The fourth-order valence-electron chi connectivity index (χ4n) is 2.10. The number of hydrogen-bond acceptors (Lipinski definition) is 3. The summed E-state index contributed by atoms with van der Waals surface area (Å²) in [7, 11) is -1.17. The van der Waals surface area contributed by atoms with Crippen molar-refractivity contribution in [2.24, 2.45) is 0 Å². The van der Waals surface area contributed by atoms with Crippen LogP contribution in [-0.4, -0.2) is 4.21 Å². The molecule has 0 unspecified atom stereocenters. The summed E-state index contributed by atoms with van der Waals surface area (Å²) in [5.41, 5.74) is 14.9. The lowest BCUT2D eigenvalue weighted by atomic mass is 10.0. The van der Waals surface area contributed by atoms with E-state index in [9.17, 15) is 4.21 Å². The molecule has 0 saturated carbocycles. The predicted molar refractivity (Wildman–Crippen MR) is 69.2 cm³/mol. The molecular formula is C13H12N2OS. The number of nitrogen functional groups attached to an aromatic ring is 2.